The van der Waals surface area contributed by atoms with Crippen molar-refractivity contribution in [2.24, 2.45) is 5.16 Å². The number of hydrogen-bond acceptors (Lipinski definition) is 5. The minimum absolute atomic E-state index is 0.643. The minimum atomic E-state index is -0.977. The van der Waals surface area contributed by atoms with Crippen LogP contribution in [0.2, 0.25) is 0 Å². The average molecular weight is 298 g/mol. The summed E-state index contributed by atoms with van der Waals surface area (Å²) in [6, 6.07) is 9.08. The highest BCUT2D eigenvalue weighted by atomic mass is 16.6. The first-order valence-electron chi connectivity index (χ1n) is 7.20. The monoisotopic (exact) mass is 298 g/mol. The molecule has 3 rings (SSSR count). The smallest absolute Gasteiger partial charge is 0.109 e. The first kappa shape index (κ1) is 14.7. The lowest BCUT2D eigenvalue weighted by molar-refractivity contribution is 0.0171. The molecule has 22 heavy (non-hydrogen) atoms. The van der Waals surface area contributed by atoms with Crippen molar-refractivity contribution in [3.63, 3.8) is 0 Å². The van der Waals surface area contributed by atoms with E-state index in [0.717, 1.165) is 29.7 Å². The highest BCUT2D eigenvalue weighted by molar-refractivity contribution is 6.04. The van der Waals surface area contributed by atoms with Crippen molar-refractivity contribution < 1.29 is 15.1 Å². The predicted octanol–water partition coefficient (Wildman–Crippen LogP) is 2.15. The number of aromatic nitrogens is 1. The molecule has 1 heterocycles. The number of fused-ring (bicyclic) bond motifs is 1. The molecule has 2 unspecified atom stereocenters. The number of hydrogen-bond donors (Lipinski definition) is 2. The molecule has 1 aliphatic rings. The lowest BCUT2D eigenvalue weighted by Crippen LogP contribution is -2.11. The molecular weight excluding hydrogens is 280 g/mol. The molecule has 2 aromatic rings. The quantitative estimate of drug-likeness (QED) is 0.848. The summed E-state index contributed by atoms with van der Waals surface area (Å²) in [5.41, 5.74) is 4.44. The molecule has 0 amide bonds. The fourth-order valence-electron chi connectivity index (χ4n) is 2.80. The highest BCUT2D eigenvalue weighted by Gasteiger charge is 2.24. The number of aliphatic hydroxyl groups is 2. The van der Waals surface area contributed by atoms with Gasteiger partial charge in [0, 0.05) is 18.0 Å². The number of aryl methyl sites for hydroxylation is 1. The van der Waals surface area contributed by atoms with Gasteiger partial charge in [0.15, 0.2) is 0 Å². The van der Waals surface area contributed by atoms with Gasteiger partial charge in [-0.15, -0.1) is 0 Å². The lowest BCUT2D eigenvalue weighted by Gasteiger charge is -2.19. The maximum absolute atomic E-state index is 10.4. The van der Waals surface area contributed by atoms with Crippen LogP contribution in [0.1, 0.15) is 40.9 Å². The van der Waals surface area contributed by atoms with Crippen LogP contribution in [0.15, 0.2) is 47.9 Å². The Balaban J connectivity index is 1.86. The third kappa shape index (κ3) is 2.73. The van der Waals surface area contributed by atoms with Gasteiger partial charge in [-0.05, 0) is 41.7 Å². The Labute approximate surface area is 128 Å². The summed E-state index contributed by atoms with van der Waals surface area (Å²) >= 11 is 0. The molecule has 1 aliphatic carbocycles. The first-order chi connectivity index (χ1) is 10.7. The maximum Gasteiger partial charge on any atom is 0.109 e. The fraction of sp³-hybridized carbons (Fsp3) is 0.294. The van der Waals surface area contributed by atoms with Crippen molar-refractivity contribution >= 4 is 5.71 Å². The molecule has 1 aromatic carbocycles. The van der Waals surface area contributed by atoms with Crippen LogP contribution in [0, 0.1) is 0 Å². The standard InChI is InChI=1S/C17H18N2O3/c1-22-19-15-5-3-12-10-13(2-4-14(12)15)17(21)16(20)11-6-8-18-9-7-11/h2,4,6-10,16-17,20-21H,3,5H2,1H3. The Hall–Kier alpha value is -2.24. The minimum Gasteiger partial charge on any atom is -0.399 e. The van der Waals surface area contributed by atoms with Gasteiger partial charge in [0.1, 0.15) is 19.3 Å². The van der Waals surface area contributed by atoms with Crippen molar-refractivity contribution in [2.45, 2.75) is 25.0 Å². The Kier molecular flexibility index (Phi) is 4.18. The molecule has 5 nitrogen and oxygen atoms in total. The van der Waals surface area contributed by atoms with Gasteiger partial charge >= 0.3 is 0 Å². The highest BCUT2D eigenvalue weighted by Crippen LogP contribution is 2.32. The number of nitrogens with zero attached hydrogens (tertiary/aromatic N) is 2. The zero-order chi connectivity index (χ0) is 15.5. The molecule has 5 heteroatoms. The van der Waals surface area contributed by atoms with E-state index in [4.69, 9.17) is 4.84 Å². The van der Waals surface area contributed by atoms with Gasteiger partial charge in [-0.25, -0.2) is 0 Å². The summed E-state index contributed by atoms with van der Waals surface area (Å²) in [5, 5.41) is 24.7. The molecule has 0 fully saturated rings. The molecule has 0 saturated carbocycles. The van der Waals surface area contributed by atoms with Crippen molar-refractivity contribution in [2.75, 3.05) is 7.11 Å². The summed E-state index contributed by atoms with van der Waals surface area (Å²) in [7, 11) is 1.54. The summed E-state index contributed by atoms with van der Waals surface area (Å²) < 4.78 is 0. The van der Waals surface area contributed by atoms with Crippen molar-refractivity contribution in [3.05, 3.63) is 65.0 Å². The number of oxime groups is 1. The third-order valence-corrected chi connectivity index (χ3v) is 3.96. The fourth-order valence-corrected chi connectivity index (χ4v) is 2.80. The van der Waals surface area contributed by atoms with Gasteiger partial charge in [-0.3, -0.25) is 4.98 Å². The van der Waals surface area contributed by atoms with E-state index in [2.05, 4.69) is 10.1 Å². The summed E-state index contributed by atoms with van der Waals surface area (Å²) in [5.74, 6) is 0. The van der Waals surface area contributed by atoms with Gasteiger partial charge in [0.25, 0.3) is 0 Å². The molecule has 0 spiro atoms. The number of pyridine rings is 1. The maximum atomic E-state index is 10.4. The van der Waals surface area contributed by atoms with Crippen LogP contribution in [0.5, 0.6) is 0 Å². The lowest BCUT2D eigenvalue weighted by atomic mass is 9.96. The second kappa shape index (κ2) is 6.25. The molecule has 0 bridgehead atoms. The van der Waals surface area contributed by atoms with Crippen LogP contribution < -0.4 is 0 Å². The van der Waals surface area contributed by atoms with Crippen molar-refractivity contribution in [1.29, 1.82) is 0 Å². The molecule has 114 valence electrons. The van der Waals surface area contributed by atoms with Crippen LogP contribution in [0.4, 0.5) is 0 Å². The van der Waals surface area contributed by atoms with E-state index in [0.29, 0.717) is 11.1 Å². The van der Waals surface area contributed by atoms with Crippen LogP contribution in [0.3, 0.4) is 0 Å². The molecule has 0 aliphatic heterocycles. The van der Waals surface area contributed by atoms with Crippen LogP contribution in [-0.4, -0.2) is 28.0 Å². The number of aliphatic hydroxyl groups excluding tert-OH is 2. The van der Waals surface area contributed by atoms with Gasteiger partial charge < -0.3 is 15.1 Å². The Morgan fingerprint density at radius 1 is 1.05 bits per heavy atom. The number of benzene rings is 1. The SMILES string of the molecule is CON=C1CCc2cc(C(O)C(O)c3ccncc3)ccc21. The van der Waals surface area contributed by atoms with E-state index in [1.807, 2.05) is 18.2 Å². The van der Waals surface area contributed by atoms with E-state index in [-0.39, 0.29) is 0 Å². The molecule has 1 aromatic heterocycles. The van der Waals surface area contributed by atoms with E-state index in [1.54, 1.807) is 24.5 Å². The Morgan fingerprint density at radius 3 is 2.50 bits per heavy atom. The summed E-state index contributed by atoms with van der Waals surface area (Å²) in [6.07, 6.45) is 2.94. The van der Waals surface area contributed by atoms with Gasteiger partial charge in [0.05, 0.1) is 5.71 Å². The zero-order valence-electron chi connectivity index (χ0n) is 12.3. The van der Waals surface area contributed by atoms with E-state index in [9.17, 15) is 10.2 Å². The summed E-state index contributed by atoms with van der Waals surface area (Å²) in [4.78, 5) is 8.76. The number of rotatable bonds is 4. The van der Waals surface area contributed by atoms with E-state index < -0.39 is 12.2 Å². The van der Waals surface area contributed by atoms with Gasteiger partial charge in [-0.2, -0.15) is 0 Å². The second-order valence-electron chi connectivity index (χ2n) is 5.31. The normalized spacial score (nSPS) is 18.0. The van der Waals surface area contributed by atoms with Gasteiger partial charge in [-0.1, -0.05) is 23.4 Å². The average Bonchev–Trinajstić information content (AvgIpc) is 2.97. The molecule has 0 saturated heterocycles. The zero-order valence-corrected chi connectivity index (χ0v) is 12.3. The second-order valence-corrected chi connectivity index (χ2v) is 5.31. The molecule has 0 radical (unpaired) electrons. The van der Waals surface area contributed by atoms with E-state index in [1.165, 1.54) is 7.11 Å². The largest absolute Gasteiger partial charge is 0.399 e. The molecular formula is C17H18N2O3. The summed E-state index contributed by atoms with van der Waals surface area (Å²) in [6.45, 7) is 0. The van der Waals surface area contributed by atoms with Gasteiger partial charge in [0.2, 0.25) is 0 Å². The van der Waals surface area contributed by atoms with Crippen LogP contribution in [-0.2, 0) is 11.3 Å². The first-order valence-corrected chi connectivity index (χ1v) is 7.20. The third-order valence-electron chi connectivity index (χ3n) is 3.96. The van der Waals surface area contributed by atoms with Crippen molar-refractivity contribution in [1.82, 2.24) is 4.98 Å². The van der Waals surface area contributed by atoms with Crippen molar-refractivity contribution in [3.8, 4) is 0 Å². The molecule has 2 atom stereocenters. The van der Waals surface area contributed by atoms with Crippen LogP contribution in [0.25, 0.3) is 0 Å². The predicted molar refractivity (Wildman–Crippen MR) is 82.5 cm³/mol. The Bertz CT molecular complexity index is 686. The Morgan fingerprint density at radius 2 is 1.77 bits per heavy atom. The van der Waals surface area contributed by atoms with Crippen LogP contribution >= 0.6 is 0 Å². The topological polar surface area (TPSA) is 74.9 Å². The van der Waals surface area contributed by atoms with E-state index >= 15 is 0 Å². The molecule has 2 N–H and O–H groups in total.